The van der Waals surface area contributed by atoms with Crippen molar-refractivity contribution in [2.75, 3.05) is 18.9 Å². The Hall–Kier alpha value is -2.14. The Bertz CT molecular complexity index is 589. The summed E-state index contributed by atoms with van der Waals surface area (Å²) < 4.78 is 0. The molecule has 0 spiro atoms. The van der Waals surface area contributed by atoms with Gasteiger partial charge in [0, 0.05) is 31.9 Å². The van der Waals surface area contributed by atoms with Gasteiger partial charge in [0.15, 0.2) is 0 Å². The average Bonchev–Trinajstić information content (AvgIpc) is 2.48. The summed E-state index contributed by atoms with van der Waals surface area (Å²) in [6, 6.07) is 9.05. The molecule has 6 heteroatoms. The smallest absolute Gasteiger partial charge is 0.271 e. The third kappa shape index (κ3) is 3.68. The minimum atomic E-state index is -0.289. The Balaban J connectivity index is 1.95. The molecule has 20 heavy (non-hydrogen) atoms. The third-order valence-corrected chi connectivity index (χ3v) is 3.02. The van der Waals surface area contributed by atoms with Crippen LogP contribution in [-0.4, -0.2) is 29.5 Å². The molecule has 0 radical (unpaired) electrons. The summed E-state index contributed by atoms with van der Waals surface area (Å²) in [5.74, 6) is 0.312. The van der Waals surface area contributed by atoms with Crippen LogP contribution in [0.15, 0.2) is 36.5 Å². The summed E-state index contributed by atoms with van der Waals surface area (Å²) in [4.78, 5) is 20.4. The van der Waals surface area contributed by atoms with Gasteiger partial charge in [0.05, 0.1) is 5.02 Å². The minimum Gasteiger partial charge on any atom is -0.373 e. The van der Waals surface area contributed by atoms with Gasteiger partial charge in [-0.05, 0) is 24.3 Å². The predicted molar refractivity (Wildman–Crippen MR) is 79.1 cm³/mol. The van der Waals surface area contributed by atoms with Gasteiger partial charge in [0.2, 0.25) is 0 Å². The van der Waals surface area contributed by atoms with E-state index >= 15 is 0 Å². The van der Waals surface area contributed by atoms with Crippen LogP contribution < -0.4 is 10.6 Å². The van der Waals surface area contributed by atoms with Gasteiger partial charge < -0.3 is 10.6 Å². The fourth-order valence-electron chi connectivity index (χ4n) is 1.67. The van der Waals surface area contributed by atoms with Gasteiger partial charge in [-0.2, -0.15) is 0 Å². The van der Waals surface area contributed by atoms with Gasteiger partial charge in [0.25, 0.3) is 5.91 Å². The quantitative estimate of drug-likeness (QED) is 0.885. The van der Waals surface area contributed by atoms with Crippen LogP contribution in [0.25, 0.3) is 0 Å². The Morgan fingerprint density at radius 3 is 2.85 bits per heavy atom. The van der Waals surface area contributed by atoms with Crippen molar-refractivity contribution in [1.82, 2.24) is 15.3 Å². The maximum Gasteiger partial charge on any atom is 0.271 e. The number of aromatic nitrogens is 2. The van der Waals surface area contributed by atoms with Crippen LogP contribution in [0.3, 0.4) is 0 Å². The van der Waals surface area contributed by atoms with Gasteiger partial charge in [-0.3, -0.25) is 9.78 Å². The second kappa shape index (κ2) is 6.86. The molecule has 2 N–H and O–H groups in total. The maximum atomic E-state index is 12.0. The lowest BCUT2D eigenvalue weighted by molar-refractivity contribution is 0.0949. The molecule has 2 aromatic heterocycles. The van der Waals surface area contributed by atoms with Crippen molar-refractivity contribution < 1.29 is 4.79 Å². The highest BCUT2D eigenvalue weighted by Gasteiger charge is 2.12. The number of pyridine rings is 2. The van der Waals surface area contributed by atoms with Gasteiger partial charge in [-0.25, -0.2) is 4.98 Å². The molecule has 0 atom stereocenters. The lowest BCUT2D eigenvalue weighted by Gasteiger charge is -2.07. The zero-order chi connectivity index (χ0) is 14.4. The molecule has 0 aliphatic carbocycles. The topological polar surface area (TPSA) is 66.9 Å². The van der Waals surface area contributed by atoms with Gasteiger partial charge >= 0.3 is 0 Å². The number of rotatable bonds is 5. The van der Waals surface area contributed by atoms with Crippen LogP contribution in [0.4, 0.5) is 5.82 Å². The molecule has 2 heterocycles. The van der Waals surface area contributed by atoms with E-state index in [2.05, 4.69) is 20.6 Å². The zero-order valence-corrected chi connectivity index (χ0v) is 11.8. The van der Waals surface area contributed by atoms with Gasteiger partial charge in [0.1, 0.15) is 11.5 Å². The molecule has 104 valence electrons. The normalized spacial score (nSPS) is 10.1. The van der Waals surface area contributed by atoms with E-state index in [0.29, 0.717) is 23.8 Å². The summed E-state index contributed by atoms with van der Waals surface area (Å²) in [5.41, 5.74) is 1.15. The number of carbonyl (C=O) groups is 1. The molecule has 0 aliphatic heterocycles. The second-order valence-corrected chi connectivity index (χ2v) is 4.51. The standard InChI is InChI=1S/C14H15ClN4O/c1-16-12-6-5-11(15)13(19-12)14(20)18-9-7-10-4-2-3-8-17-10/h2-6,8H,7,9H2,1H3,(H,16,19)(H,18,20). The van der Waals surface area contributed by atoms with E-state index in [0.717, 1.165) is 5.69 Å². The van der Waals surface area contributed by atoms with Crippen molar-refractivity contribution in [2.24, 2.45) is 0 Å². The molecule has 0 unspecified atom stereocenters. The van der Waals surface area contributed by atoms with E-state index in [4.69, 9.17) is 11.6 Å². The maximum absolute atomic E-state index is 12.0. The van der Waals surface area contributed by atoms with E-state index < -0.39 is 0 Å². The Morgan fingerprint density at radius 1 is 1.30 bits per heavy atom. The molecule has 0 aromatic carbocycles. The number of anilines is 1. The van der Waals surface area contributed by atoms with Crippen LogP contribution in [0.5, 0.6) is 0 Å². The van der Waals surface area contributed by atoms with Crippen molar-refractivity contribution in [1.29, 1.82) is 0 Å². The molecule has 0 bridgehead atoms. The van der Waals surface area contributed by atoms with Gasteiger partial charge in [-0.1, -0.05) is 17.7 Å². The van der Waals surface area contributed by atoms with Crippen molar-refractivity contribution in [3.63, 3.8) is 0 Å². The highest BCUT2D eigenvalue weighted by atomic mass is 35.5. The van der Waals surface area contributed by atoms with E-state index in [1.165, 1.54) is 0 Å². The molecule has 0 aliphatic rings. The monoisotopic (exact) mass is 290 g/mol. The van der Waals surface area contributed by atoms with E-state index in [9.17, 15) is 4.79 Å². The molecule has 0 fully saturated rings. The van der Waals surface area contributed by atoms with Gasteiger partial charge in [-0.15, -0.1) is 0 Å². The Morgan fingerprint density at radius 2 is 2.15 bits per heavy atom. The largest absolute Gasteiger partial charge is 0.373 e. The fraction of sp³-hybridized carbons (Fsp3) is 0.214. The van der Waals surface area contributed by atoms with Crippen LogP contribution in [-0.2, 0) is 6.42 Å². The van der Waals surface area contributed by atoms with E-state index in [-0.39, 0.29) is 11.6 Å². The highest BCUT2D eigenvalue weighted by molar-refractivity contribution is 6.33. The number of amides is 1. The van der Waals surface area contributed by atoms with Crippen LogP contribution in [0.2, 0.25) is 5.02 Å². The number of halogens is 1. The van der Waals surface area contributed by atoms with Crippen molar-refractivity contribution in [2.45, 2.75) is 6.42 Å². The van der Waals surface area contributed by atoms with Crippen LogP contribution in [0.1, 0.15) is 16.2 Å². The van der Waals surface area contributed by atoms with E-state index in [1.54, 1.807) is 25.4 Å². The molecule has 0 saturated carbocycles. The van der Waals surface area contributed by atoms with Crippen molar-refractivity contribution in [3.05, 3.63) is 52.9 Å². The molecule has 2 aromatic rings. The summed E-state index contributed by atoms with van der Waals surface area (Å²) >= 11 is 5.98. The van der Waals surface area contributed by atoms with Crippen LogP contribution in [0, 0.1) is 0 Å². The first-order valence-corrected chi connectivity index (χ1v) is 6.61. The molecule has 5 nitrogen and oxygen atoms in total. The van der Waals surface area contributed by atoms with E-state index in [1.807, 2.05) is 18.2 Å². The average molecular weight is 291 g/mol. The number of hydrogen-bond acceptors (Lipinski definition) is 4. The zero-order valence-electron chi connectivity index (χ0n) is 11.1. The number of nitrogens with zero attached hydrogens (tertiary/aromatic N) is 2. The first kappa shape index (κ1) is 14.3. The summed E-state index contributed by atoms with van der Waals surface area (Å²) in [7, 11) is 1.74. The van der Waals surface area contributed by atoms with Crippen molar-refractivity contribution in [3.8, 4) is 0 Å². The first-order chi connectivity index (χ1) is 9.70. The fourth-order valence-corrected chi connectivity index (χ4v) is 1.87. The number of carbonyl (C=O) groups excluding carboxylic acids is 1. The summed E-state index contributed by atoms with van der Waals surface area (Å²) in [6.07, 6.45) is 2.39. The third-order valence-electron chi connectivity index (χ3n) is 2.71. The first-order valence-electron chi connectivity index (χ1n) is 6.23. The van der Waals surface area contributed by atoms with Crippen LogP contribution >= 0.6 is 11.6 Å². The lowest BCUT2D eigenvalue weighted by Crippen LogP contribution is -2.27. The summed E-state index contributed by atoms with van der Waals surface area (Å²) in [5, 5.41) is 5.99. The number of nitrogens with one attached hydrogen (secondary N) is 2. The minimum absolute atomic E-state index is 0.222. The second-order valence-electron chi connectivity index (χ2n) is 4.10. The highest BCUT2D eigenvalue weighted by Crippen LogP contribution is 2.16. The molecule has 1 amide bonds. The molecular formula is C14H15ClN4O. The number of hydrogen-bond donors (Lipinski definition) is 2. The SMILES string of the molecule is CNc1ccc(Cl)c(C(=O)NCCc2ccccn2)n1. The predicted octanol–water partition coefficient (Wildman–Crippen LogP) is 2.14. The summed E-state index contributed by atoms with van der Waals surface area (Å²) in [6.45, 7) is 0.484. The Kier molecular flexibility index (Phi) is 4.90. The molecular weight excluding hydrogens is 276 g/mol. The lowest BCUT2D eigenvalue weighted by atomic mass is 10.2. The molecule has 0 saturated heterocycles. The molecule has 2 rings (SSSR count). The Labute approximate surface area is 122 Å². The van der Waals surface area contributed by atoms with Crippen molar-refractivity contribution >= 4 is 23.3 Å².